The number of fused-ring (bicyclic) bond motifs is 5. The molecule has 1 N–H and O–H groups in total. The van der Waals surface area contributed by atoms with Gasteiger partial charge < -0.3 is 9.84 Å². The summed E-state index contributed by atoms with van der Waals surface area (Å²) in [5, 5.41) is 11.4. The van der Waals surface area contributed by atoms with E-state index in [0.29, 0.717) is 32.1 Å². The summed E-state index contributed by atoms with van der Waals surface area (Å²) in [7, 11) is 0. The number of aliphatic hydroxyl groups is 1. The van der Waals surface area contributed by atoms with E-state index in [4.69, 9.17) is 16.3 Å². The molecular weight excluding hydrogens is 423 g/mol. The van der Waals surface area contributed by atoms with Crippen LogP contribution < -0.4 is 0 Å². The second-order valence-corrected chi connectivity index (χ2v) is 11.3. The Morgan fingerprint density at radius 2 is 1.90 bits per heavy atom. The van der Waals surface area contributed by atoms with E-state index in [-0.39, 0.29) is 41.6 Å². The highest BCUT2D eigenvalue weighted by Crippen LogP contribution is 2.72. The second kappa shape index (κ2) is 7.24. The highest BCUT2D eigenvalue weighted by Gasteiger charge is 2.77. The Hall–Kier alpha value is -1.01. The minimum Gasteiger partial charge on any atom is -0.450 e. The molecule has 7 heteroatoms. The van der Waals surface area contributed by atoms with Crippen LogP contribution in [0.4, 0.5) is 4.39 Å². The first-order chi connectivity index (χ1) is 14.4. The van der Waals surface area contributed by atoms with Gasteiger partial charge in [0.05, 0.1) is 12.0 Å². The van der Waals surface area contributed by atoms with Gasteiger partial charge in [0.2, 0.25) is 0 Å². The molecule has 0 unspecified atom stereocenters. The van der Waals surface area contributed by atoms with Gasteiger partial charge in [-0.1, -0.05) is 20.8 Å². The maximum atomic E-state index is 17.2. The van der Waals surface area contributed by atoms with Crippen LogP contribution >= 0.6 is 11.6 Å². The third-order valence-electron chi connectivity index (χ3n) is 9.94. The van der Waals surface area contributed by atoms with E-state index >= 15 is 4.39 Å². The van der Waals surface area contributed by atoms with Gasteiger partial charge in [-0.15, -0.1) is 11.6 Å². The smallest absolute Gasteiger partial charge is 0.303 e. The number of hydrogen-bond acceptors (Lipinski definition) is 5. The maximum Gasteiger partial charge on any atom is 0.303 e. The molecular formula is C24H34ClFO5. The molecule has 4 aliphatic rings. The summed E-state index contributed by atoms with van der Waals surface area (Å²) in [6.07, 6.45) is 1.71. The maximum absolute atomic E-state index is 17.2. The number of esters is 1. The Morgan fingerprint density at radius 3 is 2.52 bits per heavy atom. The van der Waals surface area contributed by atoms with E-state index in [1.54, 1.807) is 0 Å². The van der Waals surface area contributed by atoms with Crippen molar-refractivity contribution in [2.24, 2.45) is 34.5 Å². The van der Waals surface area contributed by atoms with E-state index in [2.05, 4.69) is 0 Å². The fourth-order valence-corrected chi connectivity index (χ4v) is 8.77. The van der Waals surface area contributed by atoms with E-state index < -0.39 is 40.1 Å². The highest BCUT2D eigenvalue weighted by molar-refractivity contribution is 6.29. The van der Waals surface area contributed by atoms with E-state index in [0.717, 1.165) is 6.42 Å². The number of aliphatic hydroxyl groups excluding tert-OH is 1. The molecule has 0 bridgehead atoms. The minimum atomic E-state index is -1.84. The summed E-state index contributed by atoms with van der Waals surface area (Å²) in [6, 6.07) is 0. The molecule has 4 saturated carbocycles. The quantitative estimate of drug-likeness (QED) is 0.512. The molecule has 0 aromatic carbocycles. The lowest BCUT2D eigenvalue weighted by Crippen LogP contribution is -2.71. The van der Waals surface area contributed by atoms with Gasteiger partial charge in [0.25, 0.3) is 0 Å². The molecule has 9 atom stereocenters. The van der Waals surface area contributed by atoms with Crippen molar-refractivity contribution in [2.45, 2.75) is 90.0 Å². The van der Waals surface area contributed by atoms with Crippen LogP contribution in [0.25, 0.3) is 0 Å². The van der Waals surface area contributed by atoms with Crippen molar-refractivity contribution in [3.63, 3.8) is 0 Å². The lowest BCUT2D eigenvalue weighted by Gasteiger charge is -2.65. The summed E-state index contributed by atoms with van der Waals surface area (Å²) in [4.78, 5) is 37.4. The molecule has 0 spiro atoms. The molecule has 4 rings (SSSR count). The van der Waals surface area contributed by atoms with Crippen LogP contribution in [-0.2, 0) is 19.1 Å². The van der Waals surface area contributed by atoms with Crippen LogP contribution in [-0.4, -0.2) is 45.9 Å². The number of carbonyl (C=O) groups excluding carboxylic acids is 3. The standard InChI is InChI=1S/C24H34ClFO5/c1-13-9-18-17-6-5-15-10-16(28)7-8-21(15,3)23(17,26)19(29)11-22(18,4)24(13,20(30)12-25)31-14(2)27/h13,15,17-19,29H,5-12H2,1-4H3/t13-,15+,17-,18-,19-,21-,22-,23-,24+/m0/s1. The molecule has 5 nitrogen and oxygen atoms in total. The molecule has 0 amide bonds. The molecule has 0 aromatic heterocycles. The molecule has 0 radical (unpaired) electrons. The molecule has 4 fully saturated rings. The molecule has 0 saturated heterocycles. The van der Waals surface area contributed by atoms with Crippen molar-refractivity contribution in [1.82, 2.24) is 0 Å². The number of ketones is 2. The Kier molecular flexibility index (Phi) is 5.41. The zero-order valence-electron chi connectivity index (χ0n) is 18.9. The summed E-state index contributed by atoms with van der Waals surface area (Å²) in [5.41, 5.74) is -4.99. The van der Waals surface area contributed by atoms with E-state index in [1.807, 2.05) is 20.8 Å². The Labute approximate surface area is 188 Å². The predicted molar refractivity (Wildman–Crippen MR) is 113 cm³/mol. The summed E-state index contributed by atoms with van der Waals surface area (Å²) >= 11 is 5.98. The van der Waals surface area contributed by atoms with Gasteiger partial charge in [0.1, 0.15) is 11.5 Å². The number of ether oxygens (including phenoxy) is 1. The normalized spacial score (nSPS) is 51.5. The van der Waals surface area contributed by atoms with Crippen molar-refractivity contribution in [3.05, 3.63) is 0 Å². The average molecular weight is 457 g/mol. The number of carbonyl (C=O) groups is 3. The van der Waals surface area contributed by atoms with Crippen molar-refractivity contribution >= 4 is 29.1 Å². The van der Waals surface area contributed by atoms with Gasteiger partial charge in [-0.25, -0.2) is 4.39 Å². The van der Waals surface area contributed by atoms with E-state index in [1.165, 1.54) is 6.92 Å². The summed E-state index contributed by atoms with van der Waals surface area (Å²) in [5.74, 6) is -2.15. The van der Waals surface area contributed by atoms with E-state index in [9.17, 15) is 19.5 Å². The predicted octanol–water partition coefficient (Wildman–Crippen LogP) is 4.02. The van der Waals surface area contributed by atoms with Gasteiger partial charge in [-0.2, -0.15) is 0 Å². The van der Waals surface area contributed by atoms with Crippen LogP contribution in [0.3, 0.4) is 0 Å². The first-order valence-electron chi connectivity index (χ1n) is 11.6. The van der Waals surface area contributed by atoms with Crippen LogP contribution in [0.1, 0.15) is 72.6 Å². The monoisotopic (exact) mass is 456 g/mol. The number of hydrogen-bond donors (Lipinski definition) is 1. The van der Waals surface area contributed by atoms with Gasteiger partial charge >= 0.3 is 5.97 Å². The Morgan fingerprint density at radius 1 is 1.23 bits per heavy atom. The zero-order chi connectivity index (χ0) is 23.0. The van der Waals surface area contributed by atoms with Crippen LogP contribution in [0.15, 0.2) is 0 Å². The molecule has 31 heavy (non-hydrogen) atoms. The lowest BCUT2D eigenvalue weighted by molar-refractivity contribution is -0.256. The van der Waals surface area contributed by atoms with Gasteiger partial charge in [-0.3, -0.25) is 14.4 Å². The fraction of sp³-hybridized carbons (Fsp3) is 0.875. The Balaban J connectivity index is 1.82. The molecule has 4 aliphatic carbocycles. The van der Waals surface area contributed by atoms with Crippen LogP contribution in [0.2, 0.25) is 0 Å². The van der Waals surface area contributed by atoms with Crippen LogP contribution in [0.5, 0.6) is 0 Å². The molecule has 0 aromatic rings. The lowest BCUT2D eigenvalue weighted by atomic mass is 9.42. The molecule has 0 heterocycles. The second-order valence-electron chi connectivity index (χ2n) is 11.1. The van der Waals surface area contributed by atoms with Crippen molar-refractivity contribution in [2.75, 3.05) is 5.88 Å². The number of alkyl halides is 2. The first-order valence-corrected chi connectivity index (χ1v) is 12.1. The van der Waals surface area contributed by atoms with Gasteiger partial charge in [0, 0.05) is 36.5 Å². The molecule has 0 aliphatic heterocycles. The van der Waals surface area contributed by atoms with Crippen molar-refractivity contribution in [1.29, 1.82) is 0 Å². The largest absolute Gasteiger partial charge is 0.450 e. The number of halogens is 2. The zero-order valence-corrected chi connectivity index (χ0v) is 19.6. The van der Waals surface area contributed by atoms with Gasteiger partial charge in [-0.05, 0) is 49.9 Å². The molecule has 174 valence electrons. The third kappa shape index (κ3) is 2.73. The Bertz CT molecular complexity index is 818. The van der Waals surface area contributed by atoms with Crippen molar-refractivity contribution in [3.8, 4) is 0 Å². The van der Waals surface area contributed by atoms with Crippen LogP contribution in [0, 0.1) is 34.5 Å². The fourth-order valence-electron chi connectivity index (χ4n) is 8.57. The van der Waals surface area contributed by atoms with Gasteiger partial charge in [0.15, 0.2) is 11.4 Å². The number of rotatable bonds is 3. The first kappa shape index (κ1) is 23.2. The topological polar surface area (TPSA) is 80.7 Å². The summed E-state index contributed by atoms with van der Waals surface area (Å²) in [6.45, 7) is 6.92. The average Bonchev–Trinajstić information content (AvgIpc) is 2.90. The minimum absolute atomic E-state index is 0.0289. The third-order valence-corrected chi connectivity index (χ3v) is 10.2. The van der Waals surface area contributed by atoms with Crippen molar-refractivity contribution < 1.29 is 28.6 Å². The highest BCUT2D eigenvalue weighted by atomic mass is 35.5. The summed E-state index contributed by atoms with van der Waals surface area (Å²) < 4.78 is 23.0. The SMILES string of the molecule is CC(=O)O[C@@]1(C(=O)CCl)[C@@H](C)C[C@H]2[C@@H]3CC[C@@H]4CC(=O)CC[C@]4(C)[C@@]3(F)[C@@H](O)C[C@@]21C. The number of Topliss-reactive ketones (excluding diaryl/α,β-unsaturated/α-hetero) is 2.